The van der Waals surface area contributed by atoms with E-state index in [0.717, 1.165) is 10.5 Å². The number of aldehydes is 1. The van der Waals surface area contributed by atoms with E-state index in [-0.39, 0.29) is 10.8 Å². The highest BCUT2D eigenvalue weighted by Crippen LogP contribution is 2.35. The molecule has 6 heteroatoms. The molecule has 0 aromatic heterocycles. The van der Waals surface area contributed by atoms with Crippen LogP contribution >= 0.6 is 43.5 Å². The van der Waals surface area contributed by atoms with Crippen LogP contribution in [-0.4, -0.2) is 6.29 Å². The molecule has 19 heavy (non-hydrogen) atoms. The standard InChI is InChI=1S/C13H6Br2ClFO2/c14-8-2-1-7(6-18)12(3-8)19-13-5-11(17)10(16)4-9(13)15/h1-6H. The molecule has 0 heterocycles. The van der Waals surface area contributed by atoms with Crippen LogP contribution in [0, 0.1) is 5.82 Å². The van der Waals surface area contributed by atoms with Gasteiger partial charge in [-0.05, 0) is 40.2 Å². The summed E-state index contributed by atoms with van der Waals surface area (Å²) in [5, 5.41) is -0.0101. The van der Waals surface area contributed by atoms with Crippen molar-refractivity contribution < 1.29 is 13.9 Å². The summed E-state index contributed by atoms with van der Waals surface area (Å²) in [6, 6.07) is 7.50. The van der Waals surface area contributed by atoms with Crippen molar-refractivity contribution in [1.82, 2.24) is 0 Å². The van der Waals surface area contributed by atoms with Gasteiger partial charge in [-0.15, -0.1) is 0 Å². The lowest BCUT2D eigenvalue weighted by Crippen LogP contribution is -1.92. The Kier molecular flexibility index (Phi) is 4.60. The first kappa shape index (κ1) is 14.5. The third-order valence-electron chi connectivity index (χ3n) is 2.30. The number of hydrogen-bond donors (Lipinski definition) is 0. The maximum atomic E-state index is 13.4. The van der Waals surface area contributed by atoms with Crippen LogP contribution < -0.4 is 4.74 Å². The molecule has 0 N–H and O–H groups in total. The van der Waals surface area contributed by atoms with E-state index in [1.807, 2.05) is 0 Å². The van der Waals surface area contributed by atoms with E-state index in [2.05, 4.69) is 31.9 Å². The second-order valence-corrected chi connectivity index (χ2v) is 5.78. The van der Waals surface area contributed by atoms with Gasteiger partial charge in [0.1, 0.15) is 17.3 Å². The second-order valence-electron chi connectivity index (χ2n) is 3.60. The molecular formula is C13H6Br2ClFO2. The third-order valence-corrected chi connectivity index (χ3v) is 3.70. The Morgan fingerprint density at radius 1 is 1.16 bits per heavy atom. The van der Waals surface area contributed by atoms with Crippen molar-refractivity contribution in [3.05, 3.63) is 55.7 Å². The van der Waals surface area contributed by atoms with Gasteiger partial charge in [0.05, 0.1) is 15.1 Å². The van der Waals surface area contributed by atoms with Crippen molar-refractivity contribution in [1.29, 1.82) is 0 Å². The highest BCUT2D eigenvalue weighted by atomic mass is 79.9. The molecule has 2 aromatic carbocycles. The topological polar surface area (TPSA) is 26.3 Å². The van der Waals surface area contributed by atoms with Crippen molar-refractivity contribution in [3.63, 3.8) is 0 Å². The lowest BCUT2D eigenvalue weighted by atomic mass is 10.2. The van der Waals surface area contributed by atoms with Gasteiger partial charge in [-0.2, -0.15) is 0 Å². The third kappa shape index (κ3) is 3.35. The van der Waals surface area contributed by atoms with Gasteiger partial charge in [-0.25, -0.2) is 4.39 Å². The van der Waals surface area contributed by atoms with Crippen LogP contribution in [0.5, 0.6) is 11.5 Å². The summed E-state index contributed by atoms with van der Waals surface area (Å²) in [6.07, 6.45) is 0.669. The van der Waals surface area contributed by atoms with Gasteiger partial charge >= 0.3 is 0 Å². The van der Waals surface area contributed by atoms with E-state index in [1.54, 1.807) is 18.2 Å². The molecule has 0 saturated heterocycles. The minimum atomic E-state index is -0.595. The lowest BCUT2D eigenvalue weighted by Gasteiger charge is -2.10. The van der Waals surface area contributed by atoms with Crippen LogP contribution in [-0.2, 0) is 0 Å². The van der Waals surface area contributed by atoms with Crippen LogP contribution in [0.2, 0.25) is 5.02 Å². The number of hydrogen-bond acceptors (Lipinski definition) is 2. The Bertz CT molecular complexity index is 647. The molecule has 2 rings (SSSR count). The molecule has 0 aliphatic heterocycles. The van der Waals surface area contributed by atoms with Gasteiger partial charge in [-0.1, -0.05) is 27.5 Å². The quantitative estimate of drug-likeness (QED) is 0.488. The number of carbonyl (C=O) groups excluding carboxylic acids is 1. The average molecular weight is 408 g/mol. The molecule has 2 aromatic rings. The Morgan fingerprint density at radius 2 is 1.89 bits per heavy atom. The summed E-state index contributed by atoms with van der Waals surface area (Å²) >= 11 is 12.2. The van der Waals surface area contributed by atoms with Gasteiger partial charge in [0, 0.05) is 10.5 Å². The zero-order chi connectivity index (χ0) is 14.0. The van der Waals surface area contributed by atoms with E-state index in [1.165, 1.54) is 6.07 Å². The Morgan fingerprint density at radius 3 is 2.58 bits per heavy atom. The molecule has 0 unspecified atom stereocenters. The molecule has 98 valence electrons. The lowest BCUT2D eigenvalue weighted by molar-refractivity contribution is 0.112. The molecule has 0 bridgehead atoms. The zero-order valence-corrected chi connectivity index (χ0v) is 13.2. The summed E-state index contributed by atoms with van der Waals surface area (Å²) < 4.78 is 20.2. The van der Waals surface area contributed by atoms with Crippen molar-refractivity contribution in [2.24, 2.45) is 0 Å². The van der Waals surface area contributed by atoms with E-state index in [0.29, 0.717) is 22.1 Å². The number of carbonyl (C=O) groups is 1. The smallest absolute Gasteiger partial charge is 0.153 e. The highest BCUT2D eigenvalue weighted by Gasteiger charge is 2.11. The monoisotopic (exact) mass is 406 g/mol. The fourth-order valence-electron chi connectivity index (χ4n) is 1.39. The van der Waals surface area contributed by atoms with E-state index in [9.17, 15) is 9.18 Å². The van der Waals surface area contributed by atoms with Crippen LogP contribution in [0.3, 0.4) is 0 Å². The van der Waals surface area contributed by atoms with Gasteiger partial charge in [0.2, 0.25) is 0 Å². The second kappa shape index (κ2) is 6.03. The molecule has 0 aliphatic carbocycles. The summed E-state index contributed by atoms with van der Waals surface area (Å²) in [7, 11) is 0. The highest BCUT2D eigenvalue weighted by molar-refractivity contribution is 9.10. The average Bonchev–Trinajstić information content (AvgIpc) is 2.36. The predicted octanol–water partition coefficient (Wildman–Crippen LogP) is 5.61. The van der Waals surface area contributed by atoms with E-state index < -0.39 is 5.82 Å². The minimum Gasteiger partial charge on any atom is -0.455 e. The number of halogens is 4. The molecule has 0 spiro atoms. The first-order chi connectivity index (χ1) is 9.01. The van der Waals surface area contributed by atoms with Crippen molar-refractivity contribution in [3.8, 4) is 11.5 Å². The normalized spacial score (nSPS) is 10.3. The number of benzene rings is 2. The van der Waals surface area contributed by atoms with Crippen molar-refractivity contribution >= 4 is 49.7 Å². The van der Waals surface area contributed by atoms with Gasteiger partial charge in [0.15, 0.2) is 6.29 Å². The Balaban J connectivity index is 2.44. The molecule has 2 nitrogen and oxygen atoms in total. The Hall–Kier alpha value is -0.910. The van der Waals surface area contributed by atoms with Gasteiger partial charge < -0.3 is 4.74 Å². The van der Waals surface area contributed by atoms with E-state index in [4.69, 9.17) is 16.3 Å². The largest absolute Gasteiger partial charge is 0.455 e. The van der Waals surface area contributed by atoms with Crippen LogP contribution in [0.15, 0.2) is 39.3 Å². The Labute approximate surface area is 130 Å². The summed E-state index contributed by atoms with van der Waals surface area (Å²) in [6.45, 7) is 0. The van der Waals surface area contributed by atoms with Crippen LogP contribution in [0.25, 0.3) is 0 Å². The summed E-state index contributed by atoms with van der Waals surface area (Å²) in [5.41, 5.74) is 0.366. The zero-order valence-electron chi connectivity index (χ0n) is 9.29. The molecule has 0 amide bonds. The summed E-state index contributed by atoms with van der Waals surface area (Å²) in [5.74, 6) is -0.0302. The number of rotatable bonds is 3. The molecular weight excluding hydrogens is 402 g/mol. The summed E-state index contributed by atoms with van der Waals surface area (Å²) in [4.78, 5) is 10.9. The maximum Gasteiger partial charge on any atom is 0.153 e. The molecule has 0 saturated carbocycles. The van der Waals surface area contributed by atoms with Gasteiger partial charge in [0.25, 0.3) is 0 Å². The molecule has 0 aliphatic rings. The molecule has 0 fully saturated rings. The van der Waals surface area contributed by atoms with E-state index >= 15 is 0 Å². The van der Waals surface area contributed by atoms with Crippen LogP contribution in [0.4, 0.5) is 4.39 Å². The van der Waals surface area contributed by atoms with Crippen molar-refractivity contribution in [2.45, 2.75) is 0 Å². The van der Waals surface area contributed by atoms with Gasteiger partial charge in [-0.3, -0.25) is 4.79 Å². The first-order valence-electron chi connectivity index (χ1n) is 5.08. The SMILES string of the molecule is O=Cc1ccc(Br)cc1Oc1cc(F)c(Cl)cc1Br. The molecule has 0 radical (unpaired) electrons. The maximum absolute atomic E-state index is 13.4. The predicted molar refractivity (Wildman–Crippen MR) is 78.7 cm³/mol. The number of ether oxygens (including phenoxy) is 1. The first-order valence-corrected chi connectivity index (χ1v) is 7.05. The minimum absolute atomic E-state index is 0.0101. The van der Waals surface area contributed by atoms with Crippen molar-refractivity contribution in [2.75, 3.05) is 0 Å². The van der Waals surface area contributed by atoms with Crippen LogP contribution in [0.1, 0.15) is 10.4 Å². The fraction of sp³-hybridized carbons (Fsp3) is 0. The fourth-order valence-corrected chi connectivity index (χ4v) is 2.45. The molecule has 0 atom stereocenters.